The molecule has 0 saturated carbocycles. The first-order chi connectivity index (χ1) is 6.13. The van der Waals surface area contributed by atoms with E-state index in [0.29, 0.717) is 12.6 Å². The lowest BCUT2D eigenvalue weighted by molar-refractivity contribution is 0.257. The molecule has 1 rings (SSSR count). The van der Waals surface area contributed by atoms with E-state index in [1.807, 2.05) is 6.07 Å². The van der Waals surface area contributed by atoms with Crippen molar-refractivity contribution < 1.29 is 0 Å². The highest BCUT2D eigenvalue weighted by Gasteiger charge is 2.08. The van der Waals surface area contributed by atoms with Crippen molar-refractivity contribution in [1.29, 1.82) is 0 Å². The molecule has 0 aliphatic heterocycles. The fraction of sp³-hybridized carbons (Fsp3) is 0.556. The van der Waals surface area contributed by atoms with Crippen LogP contribution in [-0.2, 0) is 6.54 Å². The predicted molar refractivity (Wildman–Crippen MR) is 66.6 cm³/mol. The Hall–Kier alpha value is 0.200. The van der Waals surface area contributed by atoms with Crippen LogP contribution in [0.2, 0.25) is 4.34 Å². The summed E-state index contributed by atoms with van der Waals surface area (Å²) >= 11 is 7.46. The zero-order chi connectivity index (χ0) is 9.84. The molecular formula is C9H16Cl2N2S. The summed E-state index contributed by atoms with van der Waals surface area (Å²) in [6.07, 6.45) is 0. The SMILES string of the molecule is CC(CN)N(C)Cc1ccc(Cl)s1.Cl. The van der Waals surface area contributed by atoms with Gasteiger partial charge in [0, 0.05) is 24.0 Å². The molecule has 0 radical (unpaired) electrons. The lowest BCUT2D eigenvalue weighted by atomic mass is 10.3. The molecular weight excluding hydrogens is 239 g/mol. The molecule has 1 unspecified atom stereocenters. The molecule has 82 valence electrons. The third-order valence-corrected chi connectivity index (χ3v) is 3.34. The van der Waals surface area contributed by atoms with Gasteiger partial charge in [-0.2, -0.15) is 0 Å². The van der Waals surface area contributed by atoms with E-state index in [1.54, 1.807) is 11.3 Å². The molecule has 14 heavy (non-hydrogen) atoms. The summed E-state index contributed by atoms with van der Waals surface area (Å²) in [7, 11) is 2.07. The van der Waals surface area contributed by atoms with Gasteiger partial charge in [-0.25, -0.2) is 0 Å². The quantitative estimate of drug-likeness (QED) is 0.896. The van der Waals surface area contributed by atoms with Crippen LogP contribution in [0, 0.1) is 0 Å². The maximum absolute atomic E-state index is 5.83. The molecule has 0 spiro atoms. The van der Waals surface area contributed by atoms with Gasteiger partial charge in [0.2, 0.25) is 0 Å². The molecule has 0 aliphatic rings. The van der Waals surface area contributed by atoms with Crippen molar-refractivity contribution in [1.82, 2.24) is 4.90 Å². The normalized spacial score (nSPS) is 12.6. The topological polar surface area (TPSA) is 29.3 Å². The summed E-state index contributed by atoms with van der Waals surface area (Å²) in [4.78, 5) is 3.51. The summed E-state index contributed by atoms with van der Waals surface area (Å²) in [5.41, 5.74) is 5.57. The Kier molecular flexibility index (Phi) is 6.74. The van der Waals surface area contributed by atoms with Gasteiger partial charge in [-0.1, -0.05) is 11.6 Å². The zero-order valence-electron chi connectivity index (χ0n) is 8.37. The summed E-state index contributed by atoms with van der Waals surface area (Å²) in [6, 6.07) is 4.41. The molecule has 1 aromatic rings. The van der Waals surface area contributed by atoms with Crippen molar-refractivity contribution in [2.45, 2.75) is 19.5 Å². The van der Waals surface area contributed by atoms with Crippen molar-refractivity contribution in [3.63, 3.8) is 0 Å². The average Bonchev–Trinajstić information content (AvgIpc) is 2.49. The van der Waals surface area contributed by atoms with Crippen LogP contribution in [0.15, 0.2) is 12.1 Å². The second-order valence-corrected chi connectivity index (χ2v) is 5.01. The highest BCUT2D eigenvalue weighted by molar-refractivity contribution is 7.16. The zero-order valence-corrected chi connectivity index (χ0v) is 10.8. The van der Waals surface area contributed by atoms with E-state index in [-0.39, 0.29) is 12.4 Å². The fourth-order valence-corrected chi connectivity index (χ4v) is 2.17. The van der Waals surface area contributed by atoms with E-state index < -0.39 is 0 Å². The number of hydrogen-bond acceptors (Lipinski definition) is 3. The Morgan fingerprint density at radius 3 is 2.64 bits per heavy atom. The van der Waals surface area contributed by atoms with Crippen LogP contribution < -0.4 is 5.73 Å². The van der Waals surface area contributed by atoms with Crippen LogP contribution in [0.3, 0.4) is 0 Å². The molecule has 1 atom stereocenters. The number of hydrogen-bond donors (Lipinski definition) is 1. The molecule has 0 saturated heterocycles. The largest absolute Gasteiger partial charge is 0.329 e. The molecule has 0 bridgehead atoms. The summed E-state index contributed by atoms with van der Waals surface area (Å²) in [5.74, 6) is 0. The van der Waals surface area contributed by atoms with E-state index in [2.05, 4.69) is 24.9 Å². The minimum atomic E-state index is 0. The van der Waals surface area contributed by atoms with Crippen LogP contribution >= 0.6 is 35.3 Å². The van der Waals surface area contributed by atoms with Gasteiger partial charge in [0.05, 0.1) is 4.34 Å². The maximum Gasteiger partial charge on any atom is 0.0931 e. The van der Waals surface area contributed by atoms with Crippen LogP contribution in [-0.4, -0.2) is 24.5 Å². The van der Waals surface area contributed by atoms with Crippen LogP contribution in [0.25, 0.3) is 0 Å². The van der Waals surface area contributed by atoms with Gasteiger partial charge < -0.3 is 5.73 Å². The molecule has 0 aromatic carbocycles. The van der Waals surface area contributed by atoms with Gasteiger partial charge in [-0.3, -0.25) is 4.90 Å². The first-order valence-electron chi connectivity index (χ1n) is 4.28. The molecule has 0 fully saturated rings. The van der Waals surface area contributed by atoms with Gasteiger partial charge in [0.25, 0.3) is 0 Å². The monoisotopic (exact) mass is 254 g/mol. The number of nitrogens with two attached hydrogens (primary N) is 1. The van der Waals surface area contributed by atoms with Gasteiger partial charge in [0.15, 0.2) is 0 Å². The minimum absolute atomic E-state index is 0. The van der Waals surface area contributed by atoms with Gasteiger partial charge >= 0.3 is 0 Å². The van der Waals surface area contributed by atoms with Crippen molar-refractivity contribution in [3.8, 4) is 0 Å². The third-order valence-electron chi connectivity index (χ3n) is 2.13. The molecule has 1 aromatic heterocycles. The summed E-state index contributed by atoms with van der Waals surface area (Å²) in [5, 5.41) is 0. The van der Waals surface area contributed by atoms with E-state index in [9.17, 15) is 0 Å². The van der Waals surface area contributed by atoms with E-state index >= 15 is 0 Å². The second kappa shape index (κ2) is 6.64. The summed E-state index contributed by atoms with van der Waals surface area (Å²) in [6.45, 7) is 3.74. The van der Waals surface area contributed by atoms with Crippen molar-refractivity contribution in [2.75, 3.05) is 13.6 Å². The van der Waals surface area contributed by atoms with Crippen LogP contribution in [0.4, 0.5) is 0 Å². The lowest BCUT2D eigenvalue weighted by Crippen LogP contribution is -2.34. The van der Waals surface area contributed by atoms with E-state index in [1.165, 1.54) is 4.88 Å². The highest BCUT2D eigenvalue weighted by atomic mass is 35.5. The van der Waals surface area contributed by atoms with Gasteiger partial charge in [-0.05, 0) is 26.1 Å². The number of halogens is 2. The first kappa shape index (κ1) is 14.2. The molecule has 2 N–H and O–H groups in total. The molecule has 0 amide bonds. The molecule has 0 aliphatic carbocycles. The maximum atomic E-state index is 5.83. The average molecular weight is 255 g/mol. The van der Waals surface area contributed by atoms with Crippen molar-refractivity contribution in [3.05, 3.63) is 21.3 Å². The number of thiophene rings is 1. The first-order valence-corrected chi connectivity index (χ1v) is 5.47. The Morgan fingerprint density at radius 2 is 2.21 bits per heavy atom. The molecule has 5 heteroatoms. The molecule has 2 nitrogen and oxygen atoms in total. The van der Waals surface area contributed by atoms with Crippen LogP contribution in [0.1, 0.15) is 11.8 Å². The second-order valence-electron chi connectivity index (χ2n) is 3.21. The van der Waals surface area contributed by atoms with Crippen LogP contribution in [0.5, 0.6) is 0 Å². The van der Waals surface area contributed by atoms with Gasteiger partial charge in [0.1, 0.15) is 0 Å². The predicted octanol–water partition coefficient (Wildman–Crippen LogP) is 2.60. The van der Waals surface area contributed by atoms with Crippen molar-refractivity contribution >= 4 is 35.3 Å². The Balaban J connectivity index is 0.00000169. The smallest absolute Gasteiger partial charge is 0.0931 e. The number of likely N-dealkylation sites (N-methyl/N-ethyl adjacent to an activating group) is 1. The standard InChI is InChI=1S/C9H15ClN2S.ClH/c1-7(5-11)12(2)6-8-3-4-9(10)13-8;/h3-4,7H,5-6,11H2,1-2H3;1H. The number of rotatable bonds is 4. The Morgan fingerprint density at radius 1 is 1.57 bits per heavy atom. The third kappa shape index (κ3) is 4.15. The molecule has 1 heterocycles. The summed E-state index contributed by atoms with van der Waals surface area (Å²) < 4.78 is 0.851. The Bertz CT molecular complexity index is 265. The van der Waals surface area contributed by atoms with E-state index in [4.69, 9.17) is 17.3 Å². The van der Waals surface area contributed by atoms with E-state index in [0.717, 1.165) is 10.9 Å². The highest BCUT2D eigenvalue weighted by Crippen LogP contribution is 2.22. The van der Waals surface area contributed by atoms with Gasteiger partial charge in [-0.15, -0.1) is 23.7 Å². The number of nitrogens with zero attached hydrogens (tertiary/aromatic N) is 1. The minimum Gasteiger partial charge on any atom is -0.329 e. The Labute approximate surface area is 100 Å². The lowest BCUT2D eigenvalue weighted by Gasteiger charge is -2.22. The fourth-order valence-electron chi connectivity index (χ4n) is 1.02. The van der Waals surface area contributed by atoms with Crippen molar-refractivity contribution in [2.24, 2.45) is 5.73 Å².